The number of esters is 2. The summed E-state index contributed by atoms with van der Waals surface area (Å²) in [6.45, 7) is 3.31. The van der Waals surface area contributed by atoms with Crippen LogP contribution in [0.2, 0.25) is 0 Å². The molecule has 0 aliphatic carbocycles. The van der Waals surface area contributed by atoms with E-state index in [1.807, 2.05) is 19.1 Å². The Morgan fingerprint density at radius 1 is 0.612 bits per heavy atom. The van der Waals surface area contributed by atoms with Gasteiger partial charge in [0.15, 0.2) is 6.10 Å². The van der Waals surface area contributed by atoms with E-state index < -0.39 is 32.5 Å². The molecule has 49 heavy (non-hydrogen) atoms. The van der Waals surface area contributed by atoms with Crippen LogP contribution in [0.15, 0.2) is 60.8 Å². The fourth-order valence-electron chi connectivity index (χ4n) is 4.69. The Morgan fingerprint density at radius 2 is 1.10 bits per heavy atom. The predicted octanol–water partition coefficient (Wildman–Crippen LogP) is 9.92. The van der Waals surface area contributed by atoms with E-state index in [2.05, 4.69) is 60.1 Å². The average Bonchev–Trinajstić information content (AvgIpc) is 3.07. The van der Waals surface area contributed by atoms with Crippen LogP contribution >= 0.6 is 7.82 Å². The van der Waals surface area contributed by atoms with E-state index in [-0.39, 0.29) is 25.6 Å². The fraction of sp³-hybridized carbons (Fsp3) is 0.692. The highest BCUT2D eigenvalue weighted by Crippen LogP contribution is 2.36. The third kappa shape index (κ3) is 36.8. The quantitative estimate of drug-likeness (QED) is 0.0263. The van der Waals surface area contributed by atoms with Gasteiger partial charge in [0.2, 0.25) is 0 Å². The molecule has 0 aromatic carbocycles. The number of hydrogen-bond donors (Lipinski definition) is 3. The van der Waals surface area contributed by atoms with Crippen LogP contribution in [0, 0.1) is 0 Å². The van der Waals surface area contributed by atoms with Crippen molar-refractivity contribution >= 4 is 19.8 Å². The molecule has 0 saturated carbocycles. The van der Waals surface area contributed by atoms with Crippen molar-refractivity contribution in [3.05, 3.63) is 60.8 Å². The molecule has 0 rings (SSSR count). The maximum Gasteiger partial charge on any atom is 0.469 e. The molecule has 0 heterocycles. The number of ether oxygens (including phenoxy) is 2. The van der Waals surface area contributed by atoms with Gasteiger partial charge in [-0.05, 0) is 83.5 Å². The highest BCUT2D eigenvalue weighted by atomic mass is 31.2. The van der Waals surface area contributed by atoms with Gasteiger partial charge in [-0.1, -0.05) is 113 Å². The van der Waals surface area contributed by atoms with E-state index in [9.17, 15) is 19.3 Å². The van der Waals surface area contributed by atoms with Gasteiger partial charge >= 0.3 is 19.8 Å². The summed E-state index contributed by atoms with van der Waals surface area (Å²) < 4.78 is 26.2. The highest BCUT2D eigenvalue weighted by molar-refractivity contribution is 7.46. The van der Waals surface area contributed by atoms with Crippen LogP contribution in [0.5, 0.6) is 0 Å². The SMILES string of the molecule is CCCCCC/C=C\CCCCCCCC(=O)O[C@H](COC(=O)CCC/C=C\C/C=C\C/C=C\C/C=C\CC[C@@H](O)CC)COP(=O)(O)O. The molecular weight excluding hydrogens is 643 g/mol. The molecule has 0 aromatic heterocycles. The Labute approximate surface area is 297 Å². The van der Waals surface area contributed by atoms with Gasteiger partial charge in [-0.15, -0.1) is 0 Å². The van der Waals surface area contributed by atoms with Crippen LogP contribution in [0.1, 0.15) is 149 Å². The molecule has 0 fully saturated rings. The smallest absolute Gasteiger partial charge is 0.462 e. The van der Waals surface area contributed by atoms with Crippen LogP contribution in [0.3, 0.4) is 0 Å². The Morgan fingerprint density at radius 3 is 1.69 bits per heavy atom. The molecule has 0 radical (unpaired) electrons. The first kappa shape index (κ1) is 46.7. The van der Waals surface area contributed by atoms with Crippen molar-refractivity contribution in [1.29, 1.82) is 0 Å². The van der Waals surface area contributed by atoms with Gasteiger partial charge in [-0.2, -0.15) is 0 Å². The second-order valence-corrected chi connectivity index (χ2v) is 13.6. The lowest BCUT2D eigenvalue weighted by Gasteiger charge is -2.18. The first-order valence-electron chi connectivity index (χ1n) is 18.7. The molecule has 0 aliphatic rings. The van der Waals surface area contributed by atoms with E-state index in [1.54, 1.807) is 0 Å². The first-order valence-corrected chi connectivity index (χ1v) is 20.2. The summed E-state index contributed by atoms with van der Waals surface area (Å²) >= 11 is 0. The predicted molar refractivity (Wildman–Crippen MR) is 199 cm³/mol. The van der Waals surface area contributed by atoms with Gasteiger partial charge in [-0.3, -0.25) is 14.1 Å². The number of rotatable bonds is 33. The van der Waals surface area contributed by atoms with Gasteiger partial charge in [-0.25, -0.2) is 4.57 Å². The van der Waals surface area contributed by atoms with E-state index >= 15 is 0 Å². The zero-order valence-electron chi connectivity index (χ0n) is 30.4. The number of aliphatic hydroxyl groups is 1. The number of aliphatic hydroxyl groups excluding tert-OH is 1. The lowest BCUT2D eigenvalue weighted by Crippen LogP contribution is -2.29. The topological polar surface area (TPSA) is 140 Å². The molecule has 0 aliphatic heterocycles. The summed E-state index contributed by atoms with van der Waals surface area (Å²) in [5, 5.41) is 9.52. The summed E-state index contributed by atoms with van der Waals surface area (Å²) in [5.41, 5.74) is 0. The molecule has 10 heteroatoms. The maximum absolute atomic E-state index is 12.3. The third-order valence-corrected chi connectivity index (χ3v) is 8.16. The summed E-state index contributed by atoms with van der Waals surface area (Å²) in [4.78, 5) is 42.6. The van der Waals surface area contributed by atoms with Gasteiger partial charge in [0.05, 0.1) is 12.7 Å². The minimum Gasteiger partial charge on any atom is -0.462 e. The summed E-state index contributed by atoms with van der Waals surface area (Å²) in [5.74, 6) is -0.985. The Bertz CT molecular complexity index is 996. The van der Waals surface area contributed by atoms with E-state index in [1.165, 1.54) is 25.7 Å². The van der Waals surface area contributed by atoms with Crippen molar-refractivity contribution in [3.63, 3.8) is 0 Å². The molecule has 0 amide bonds. The van der Waals surface area contributed by atoms with Crippen molar-refractivity contribution < 1.29 is 43.0 Å². The first-order chi connectivity index (χ1) is 23.7. The molecule has 2 atom stereocenters. The van der Waals surface area contributed by atoms with Crippen LogP contribution in [0.25, 0.3) is 0 Å². The standard InChI is InChI=1S/C39H67O9P/c1-3-5-6-7-8-9-10-13-18-21-24-27-30-33-39(42)48-37(35-47-49(43,44)45)34-46-38(41)32-29-26-23-20-17-15-12-11-14-16-19-22-25-28-31-36(40)4-2/h9-10,12,14-16,20,22-23,25,36-37,40H,3-8,11,13,17-19,21,24,26-35H2,1-2H3,(H2,43,44,45)/b10-9-,15-12-,16-14-,23-20-,25-22-/t36-,37+/m0/s1. The van der Waals surface area contributed by atoms with Crippen molar-refractivity contribution in [2.75, 3.05) is 13.2 Å². The van der Waals surface area contributed by atoms with Gasteiger partial charge < -0.3 is 24.4 Å². The van der Waals surface area contributed by atoms with Crippen LogP contribution in [0.4, 0.5) is 0 Å². The molecule has 0 aromatic rings. The number of phosphoric ester groups is 1. The molecular formula is C39H67O9P. The number of unbranched alkanes of at least 4 members (excludes halogenated alkanes) is 10. The Balaban J connectivity index is 4.11. The molecule has 0 unspecified atom stereocenters. The molecule has 3 N–H and O–H groups in total. The minimum atomic E-state index is -4.77. The average molecular weight is 711 g/mol. The summed E-state index contributed by atoms with van der Waals surface area (Å²) in [6, 6.07) is 0. The van der Waals surface area contributed by atoms with Crippen molar-refractivity contribution in [1.82, 2.24) is 0 Å². The Hall–Kier alpha value is -2.29. The van der Waals surface area contributed by atoms with Crippen molar-refractivity contribution in [3.8, 4) is 0 Å². The highest BCUT2D eigenvalue weighted by Gasteiger charge is 2.22. The number of hydrogen-bond acceptors (Lipinski definition) is 7. The zero-order valence-corrected chi connectivity index (χ0v) is 31.3. The molecule has 0 saturated heterocycles. The second kappa shape index (κ2) is 34.2. The van der Waals surface area contributed by atoms with Crippen LogP contribution < -0.4 is 0 Å². The fourth-order valence-corrected chi connectivity index (χ4v) is 5.05. The Kier molecular flexibility index (Phi) is 32.6. The van der Waals surface area contributed by atoms with Gasteiger partial charge in [0.1, 0.15) is 6.61 Å². The monoisotopic (exact) mass is 710 g/mol. The number of carbonyl (C=O) groups excluding carboxylic acids is 2. The van der Waals surface area contributed by atoms with Crippen LogP contribution in [-0.4, -0.2) is 52.3 Å². The normalized spacial score (nSPS) is 13.8. The lowest BCUT2D eigenvalue weighted by molar-refractivity contribution is -0.161. The van der Waals surface area contributed by atoms with Crippen molar-refractivity contribution in [2.24, 2.45) is 0 Å². The van der Waals surface area contributed by atoms with Crippen molar-refractivity contribution in [2.45, 2.75) is 161 Å². The van der Waals surface area contributed by atoms with E-state index in [0.29, 0.717) is 19.3 Å². The number of allylic oxidation sites excluding steroid dienone is 10. The third-order valence-electron chi connectivity index (χ3n) is 7.67. The zero-order chi connectivity index (χ0) is 36.3. The molecule has 282 valence electrons. The van der Waals surface area contributed by atoms with Gasteiger partial charge in [0.25, 0.3) is 0 Å². The number of phosphoric acid groups is 1. The molecule has 0 bridgehead atoms. The minimum absolute atomic E-state index is 0.174. The van der Waals surface area contributed by atoms with E-state index in [4.69, 9.17) is 19.3 Å². The summed E-state index contributed by atoms with van der Waals surface area (Å²) in [7, 11) is -4.77. The van der Waals surface area contributed by atoms with Crippen LogP contribution in [-0.2, 0) is 28.2 Å². The number of carbonyl (C=O) groups is 2. The lowest BCUT2D eigenvalue weighted by atomic mass is 10.1. The molecule has 0 spiro atoms. The summed E-state index contributed by atoms with van der Waals surface area (Å²) in [6.07, 6.45) is 38.9. The van der Waals surface area contributed by atoms with E-state index in [0.717, 1.165) is 77.0 Å². The van der Waals surface area contributed by atoms with Gasteiger partial charge in [0, 0.05) is 12.8 Å². The molecule has 9 nitrogen and oxygen atoms in total. The maximum atomic E-state index is 12.3. The second-order valence-electron chi connectivity index (χ2n) is 12.3. The largest absolute Gasteiger partial charge is 0.469 e.